The molecule has 0 spiro atoms. The Kier molecular flexibility index (Phi) is 5.65. The van der Waals surface area contributed by atoms with Crippen LogP contribution in [0.2, 0.25) is 0 Å². The molecule has 0 amide bonds. The van der Waals surface area contributed by atoms with Gasteiger partial charge in [0.1, 0.15) is 42.9 Å². The predicted molar refractivity (Wildman–Crippen MR) is 122 cm³/mol. The third-order valence-corrected chi connectivity index (χ3v) is 6.03. The van der Waals surface area contributed by atoms with E-state index in [1.54, 1.807) is 22.8 Å². The number of carbonyl (C=O) groups is 1. The maximum absolute atomic E-state index is 12.4. The second-order valence-corrected chi connectivity index (χ2v) is 8.33. The van der Waals surface area contributed by atoms with Crippen molar-refractivity contribution < 1.29 is 24.5 Å². The molecule has 2 aliphatic rings. The van der Waals surface area contributed by atoms with Crippen LogP contribution in [0.3, 0.4) is 0 Å². The van der Waals surface area contributed by atoms with E-state index in [-0.39, 0.29) is 12.4 Å². The fraction of sp³-hybridized carbons (Fsp3) is 0.364. The van der Waals surface area contributed by atoms with Crippen LogP contribution >= 0.6 is 0 Å². The van der Waals surface area contributed by atoms with Gasteiger partial charge in [-0.05, 0) is 12.0 Å². The number of anilines is 1. The highest BCUT2D eigenvalue weighted by Gasteiger charge is 2.45. The summed E-state index contributed by atoms with van der Waals surface area (Å²) in [5.74, 6) is 0.194. The summed E-state index contributed by atoms with van der Waals surface area (Å²) in [6.07, 6.45) is -1.22. The van der Waals surface area contributed by atoms with E-state index >= 15 is 0 Å². The van der Waals surface area contributed by atoms with Crippen LogP contribution in [0.1, 0.15) is 17.4 Å². The van der Waals surface area contributed by atoms with Crippen LogP contribution in [-0.4, -0.2) is 74.6 Å². The molecule has 34 heavy (non-hydrogen) atoms. The van der Waals surface area contributed by atoms with Crippen molar-refractivity contribution in [1.29, 1.82) is 0 Å². The first-order valence-corrected chi connectivity index (χ1v) is 10.8. The molecule has 0 radical (unpaired) electrons. The Balaban J connectivity index is 1.31. The van der Waals surface area contributed by atoms with Gasteiger partial charge in [-0.15, -0.1) is 0 Å². The molecular formula is C22H25N7O5. The Labute approximate surface area is 194 Å². The molecule has 0 unspecified atom stereocenters. The molecule has 1 saturated heterocycles. The minimum Gasteiger partial charge on any atom is -0.462 e. The normalized spacial score (nSPS) is 24.8. The molecule has 2 aliphatic heterocycles. The number of hydrazone groups is 1. The van der Waals surface area contributed by atoms with Crippen molar-refractivity contribution in [3.63, 3.8) is 0 Å². The third-order valence-electron chi connectivity index (χ3n) is 6.03. The summed E-state index contributed by atoms with van der Waals surface area (Å²) < 4.78 is 12.8. The van der Waals surface area contributed by atoms with Crippen LogP contribution in [0, 0.1) is 0 Å². The maximum atomic E-state index is 12.4. The molecule has 0 aliphatic carbocycles. The molecule has 12 nitrogen and oxygen atoms in total. The molecule has 0 saturated carbocycles. The second kappa shape index (κ2) is 8.65. The molecule has 178 valence electrons. The van der Waals surface area contributed by atoms with E-state index in [1.165, 1.54) is 6.33 Å². The Hall–Kier alpha value is -3.58. The van der Waals surface area contributed by atoms with Crippen molar-refractivity contribution >= 4 is 28.7 Å². The summed E-state index contributed by atoms with van der Waals surface area (Å²) in [7, 11) is 1.71. The number of hydrogen-bond donors (Lipinski definition) is 4. The summed E-state index contributed by atoms with van der Waals surface area (Å²) in [6.45, 7) is -0.269. The van der Waals surface area contributed by atoms with Crippen LogP contribution in [0.25, 0.3) is 11.0 Å². The number of nitrogens with two attached hydrogens (primary N) is 2. The Morgan fingerprint density at radius 3 is 2.76 bits per heavy atom. The lowest BCUT2D eigenvalue weighted by molar-refractivity contribution is -0.151. The number of benzene rings is 1. The molecule has 1 aromatic carbocycles. The smallest absolute Gasteiger partial charge is 0.323 e. The fourth-order valence-corrected chi connectivity index (χ4v) is 4.28. The van der Waals surface area contributed by atoms with Crippen LogP contribution in [-0.2, 0) is 20.7 Å². The van der Waals surface area contributed by atoms with E-state index in [0.717, 1.165) is 5.56 Å². The van der Waals surface area contributed by atoms with Crippen molar-refractivity contribution in [2.24, 2.45) is 16.6 Å². The first-order chi connectivity index (χ1) is 16.3. The van der Waals surface area contributed by atoms with E-state index in [2.05, 4.69) is 15.1 Å². The molecule has 12 heteroatoms. The fourth-order valence-electron chi connectivity index (χ4n) is 4.28. The first-order valence-electron chi connectivity index (χ1n) is 10.8. The largest absolute Gasteiger partial charge is 0.462 e. The summed E-state index contributed by atoms with van der Waals surface area (Å²) in [5, 5.41) is 27.7. The minimum absolute atomic E-state index is 0.263. The molecular weight excluding hydrogens is 442 g/mol. The van der Waals surface area contributed by atoms with Gasteiger partial charge in [-0.1, -0.05) is 30.3 Å². The molecule has 0 bridgehead atoms. The Bertz CT molecular complexity index is 1250. The second-order valence-electron chi connectivity index (χ2n) is 8.33. The summed E-state index contributed by atoms with van der Waals surface area (Å²) in [5.41, 5.74) is 14.0. The van der Waals surface area contributed by atoms with Gasteiger partial charge in [0, 0.05) is 18.8 Å². The van der Waals surface area contributed by atoms with E-state index in [1.807, 2.05) is 30.3 Å². The number of carbonyl (C=O) groups excluding carboxylic acids is 1. The number of hydrogen-bond acceptors (Lipinski definition) is 11. The van der Waals surface area contributed by atoms with E-state index in [0.29, 0.717) is 28.8 Å². The summed E-state index contributed by atoms with van der Waals surface area (Å²) >= 11 is 0. The lowest BCUT2D eigenvalue weighted by atomic mass is 10.1. The van der Waals surface area contributed by atoms with E-state index in [4.69, 9.17) is 20.9 Å². The average molecular weight is 467 g/mol. The lowest BCUT2D eigenvalue weighted by Crippen LogP contribution is -2.38. The number of rotatable bonds is 6. The van der Waals surface area contributed by atoms with Crippen LogP contribution in [0.15, 0.2) is 48.0 Å². The number of nitrogens with zero attached hydrogens (tertiary/aromatic N) is 5. The SMILES string of the molecule is CN1N=C(N)c2cn([C@@H]3O[C@H](COC(=O)[C@@H](N)Cc4ccccc4)[C@@H](O)[C@H]3O)c3ncnc1c23. The van der Waals surface area contributed by atoms with Gasteiger partial charge in [0.2, 0.25) is 0 Å². The van der Waals surface area contributed by atoms with Gasteiger partial charge in [-0.2, -0.15) is 5.10 Å². The van der Waals surface area contributed by atoms with Gasteiger partial charge < -0.3 is 35.7 Å². The maximum Gasteiger partial charge on any atom is 0.323 e. The topological polar surface area (TPSA) is 174 Å². The number of aliphatic hydroxyl groups is 2. The lowest BCUT2D eigenvalue weighted by Gasteiger charge is -2.19. The minimum atomic E-state index is -1.31. The highest BCUT2D eigenvalue weighted by atomic mass is 16.6. The quantitative estimate of drug-likeness (QED) is 0.337. The van der Waals surface area contributed by atoms with Gasteiger partial charge in [0.05, 0.1) is 5.39 Å². The monoisotopic (exact) mass is 467 g/mol. The number of aromatic nitrogens is 3. The van der Waals surface area contributed by atoms with Gasteiger partial charge in [-0.25, -0.2) is 15.0 Å². The highest BCUT2D eigenvalue weighted by molar-refractivity contribution is 6.13. The standard InChI is InChI=1S/C22H25N7O5/c1-28-19-15-12(18(24)27-28)8-29(20(15)26-10-25-19)21-17(31)16(30)14(34-21)9-33-22(32)13(23)7-11-5-3-2-4-6-11/h2-6,8,10,13-14,16-17,21,30-31H,7,9,23H2,1H3,(H2,24,27)/t13-,14+,16+,17+,21+/m0/s1. The molecule has 3 aromatic rings. The van der Waals surface area contributed by atoms with Gasteiger partial charge in [0.15, 0.2) is 17.9 Å². The number of esters is 1. The summed E-state index contributed by atoms with van der Waals surface area (Å²) in [6, 6.07) is 8.47. The van der Waals surface area contributed by atoms with Crippen LogP contribution in [0.5, 0.6) is 0 Å². The molecule has 4 heterocycles. The Morgan fingerprint density at radius 2 is 2.00 bits per heavy atom. The van der Waals surface area contributed by atoms with Gasteiger partial charge in [0.25, 0.3) is 0 Å². The third kappa shape index (κ3) is 3.76. The van der Waals surface area contributed by atoms with Crippen LogP contribution in [0.4, 0.5) is 5.82 Å². The number of amidine groups is 1. The van der Waals surface area contributed by atoms with Gasteiger partial charge >= 0.3 is 5.97 Å². The van der Waals surface area contributed by atoms with Gasteiger partial charge in [-0.3, -0.25) is 4.79 Å². The van der Waals surface area contributed by atoms with Crippen molar-refractivity contribution in [1.82, 2.24) is 14.5 Å². The number of aliphatic hydroxyl groups excluding tert-OH is 2. The Morgan fingerprint density at radius 1 is 1.24 bits per heavy atom. The summed E-state index contributed by atoms with van der Waals surface area (Å²) in [4.78, 5) is 20.9. The zero-order chi connectivity index (χ0) is 24.0. The zero-order valence-corrected chi connectivity index (χ0v) is 18.4. The highest BCUT2D eigenvalue weighted by Crippen LogP contribution is 2.37. The average Bonchev–Trinajstić information content (AvgIpc) is 3.35. The van der Waals surface area contributed by atoms with Crippen molar-refractivity contribution in [2.45, 2.75) is 37.0 Å². The first kappa shape index (κ1) is 22.2. The molecule has 5 rings (SSSR count). The van der Waals surface area contributed by atoms with Crippen LogP contribution < -0.4 is 16.5 Å². The number of ether oxygens (including phenoxy) is 2. The van der Waals surface area contributed by atoms with E-state index < -0.39 is 36.6 Å². The molecule has 6 N–H and O–H groups in total. The van der Waals surface area contributed by atoms with Crippen molar-refractivity contribution in [3.05, 3.63) is 54.0 Å². The van der Waals surface area contributed by atoms with Crippen molar-refractivity contribution in [3.8, 4) is 0 Å². The molecule has 5 atom stereocenters. The molecule has 2 aromatic heterocycles. The zero-order valence-electron chi connectivity index (χ0n) is 18.4. The van der Waals surface area contributed by atoms with E-state index in [9.17, 15) is 15.0 Å². The molecule has 1 fully saturated rings. The van der Waals surface area contributed by atoms with Crippen molar-refractivity contribution in [2.75, 3.05) is 18.7 Å². The predicted octanol–water partition coefficient (Wildman–Crippen LogP) is -0.766.